The van der Waals surface area contributed by atoms with E-state index in [4.69, 9.17) is 11.5 Å². The Morgan fingerprint density at radius 1 is 0.800 bits per heavy atom. The third kappa shape index (κ3) is 3.19. The number of nitrogens with zero attached hydrogens (tertiary/aromatic N) is 4. The molecule has 0 unspecified atom stereocenters. The number of imidazole rings is 2. The molecule has 4 N–H and O–H groups in total. The van der Waals surface area contributed by atoms with Gasteiger partial charge in [-0.1, -0.05) is 12.1 Å². The SMILES string of the molecule is NCc1c(F)cccc1-n1ccnc1C(=O)c1nccn1-c1cccc(F)c1CN. The number of benzene rings is 2. The highest BCUT2D eigenvalue weighted by molar-refractivity contribution is 6.05. The van der Waals surface area contributed by atoms with Crippen molar-refractivity contribution in [3.8, 4) is 11.4 Å². The molecule has 4 rings (SSSR count). The van der Waals surface area contributed by atoms with Gasteiger partial charge in [-0.15, -0.1) is 0 Å². The van der Waals surface area contributed by atoms with Gasteiger partial charge in [0.2, 0.25) is 0 Å². The van der Waals surface area contributed by atoms with Gasteiger partial charge in [0, 0.05) is 49.0 Å². The lowest BCUT2D eigenvalue weighted by atomic mass is 10.1. The lowest BCUT2D eigenvalue weighted by Gasteiger charge is -2.14. The fourth-order valence-corrected chi connectivity index (χ4v) is 3.38. The van der Waals surface area contributed by atoms with Crippen molar-refractivity contribution < 1.29 is 13.6 Å². The molecule has 7 nitrogen and oxygen atoms in total. The van der Waals surface area contributed by atoms with Crippen LogP contribution >= 0.6 is 0 Å². The standard InChI is InChI=1S/C21H18F2N6O/c22-15-3-1-5-17(13(15)11-24)28-9-7-26-20(28)19(30)21-27-8-10-29(21)18-6-2-4-16(23)14(18)12-25/h1-10H,11-12,24-25H2. The predicted octanol–water partition coefficient (Wildman–Crippen LogP) is 2.48. The van der Waals surface area contributed by atoms with Gasteiger partial charge in [-0.25, -0.2) is 18.7 Å². The van der Waals surface area contributed by atoms with Crippen LogP contribution in [-0.4, -0.2) is 24.9 Å². The largest absolute Gasteiger partial charge is 0.326 e. The normalized spacial score (nSPS) is 11.1. The zero-order valence-electron chi connectivity index (χ0n) is 15.8. The quantitative estimate of drug-likeness (QED) is 0.477. The molecule has 0 amide bonds. The van der Waals surface area contributed by atoms with E-state index in [0.717, 1.165) is 0 Å². The van der Waals surface area contributed by atoms with Gasteiger partial charge in [-0.05, 0) is 24.3 Å². The van der Waals surface area contributed by atoms with E-state index in [0.29, 0.717) is 11.4 Å². The van der Waals surface area contributed by atoms with E-state index in [1.165, 1.54) is 45.8 Å². The highest BCUT2D eigenvalue weighted by Crippen LogP contribution is 2.23. The van der Waals surface area contributed by atoms with E-state index in [9.17, 15) is 13.6 Å². The Morgan fingerprint density at radius 3 is 1.63 bits per heavy atom. The fourth-order valence-electron chi connectivity index (χ4n) is 3.38. The van der Waals surface area contributed by atoms with E-state index in [2.05, 4.69) is 9.97 Å². The van der Waals surface area contributed by atoms with Gasteiger partial charge in [0.05, 0.1) is 11.4 Å². The minimum atomic E-state index is -0.524. The second-order valence-corrected chi connectivity index (χ2v) is 6.45. The zero-order valence-corrected chi connectivity index (χ0v) is 15.8. The number of ketones is 1. The van der Waals surface area contributed by atoms with Gasteiger partial charge >= 0.3 is 0 Å². The summed E-state index contributed by atoms with van der Waals surface area (Å²) < 4.78 is 31.3. The highest BCUT2D eigenvalue weighted by Gasteiger charge is 2.24. The second-order valence-electron chi connectivity index (χ2n) is 6.45. The fraction of sp³-hybridized carbons (Fsp3) is 0.0952. The van der Waals surface area contributed by atoms with Crippen LogP contribution in [-0.2, 0) is 13.1 Å². The van der Waals surface area contributed by atoms with Gasteiger partial charge < -0.3 is 11.5 Å². The number of hydrogen-bond acceptors (Lipinski definition) is 5. The third-order valence-electron chi connectivity index (χ3n) is 4.80. The monoisotopic (exact) mass is 408 g/mol. The number of hydrogen-bond donors (Lipinski definition) is 2. The Hall–Kier alpha value is -3.69. The molecule has 0 saturated carbocycles. The minimum absolute atomic E-state index is 0.0217. The van der Waals surface area contributed by atoms with Crippen LogP contribution in [0, 0.1) is 11.6 Å². The summed E-state index contributed by atoms with van der Waals surface area (Å²) in [5, 5.41) is 0. The summed E-state index contributed by atoms with van der Waals surface area (Å²) in [6.45, 7) is -0.100. The van der Waals surface area contributed by atoms with Crippen molar-refractivity contribution in [1.82, 2.24) is 19.1 Å². The number of carbonyl (C=O) groups excluding carboxylic acids is 1. The summed E-state index contributed by atoms with van der Waals surface area (Å²) in [5.41, 5.74) is 12.7. The Labute approximate surface area is 170 Å². The van der Waals surface area contributed by atoms with Crippen molar-refractivity contribution in [2.45, 2.75) is 13.1 Å². The summed E-state index contributed by atoms with van der Waals surface area (Å²) in [5.74, 6) is -1.43. The molecule has 2 heterocycles. The molecule has 0 saturated heterocycles. The number of halogens is 2. The first-order chi connectivity index (χ1) is 14.6. The van der Waals surface area contributed by atoms with Crippen molar-refractivity contribution in [1.29, 1.82) is 0 Å². The molecule has 2 aromatic heterocycles. The summed E-state index contributed by atoms with van der Waals surface area (Å²) in [6.07, 6.45) is 5.95. The van der Waals surface area contributed by atoms with Crippen LogP contribution in [0.4, 0.5) is 8.78 Å². The van der Waals surface area contributed by atoms with Crippen molar-refractivity contribution in [3.05, 3.63) is 95.6 Å². The van der Waals surface area contributed by atoms with Crippen molar-refractivity contribution in [2.75, 3.05) is 0 Å². The van der Waals surface area contributed by atoms with Gasteiger partial charge in [-0.3, -0.25) is 13.9 Å². The number of carbonyl (C=O) groups is 1. The van der Waals surface area contributed by atoms with Crippen LogP contribution in [0.15, 0.2) is 61.2 Å². The predicted molar refractivity (Wildman–Crippen MR) is 106 cm³/mol. The summed E-state index contributed by atoms with van der Waals surface area (Å²) >= 11 is 0. The summed E-state index contributed by atoms with van der Waals surface area (Å²) in [4.78, 5) is 21.6. The molecule has 0 spiro atoms. The molecule has 0 radical (unpaired) electrons. The molecule has 0 aliphatic rings. The molecular weight excluding hydrogens is 390 g/mol. The van der Waals surface area contributed by atoms with E-state index >= 15 is 0 Å². The summed E-state index contributed by atoms with van der Waals surface area (Å²) in [6, 6.07) is 8.95. The van der Waals surface area contributed by atoms with E-state index in [1.807, 2.05) is 0 Å². The molecule has 152 valence electrons. The number of rotatable bonds is 6. The Kier molecular flexibility index (Phi) is 5.21. The third-order valence-corrected chi connectivity index (χ3v) is 4.80. The maximum atomic E-state index is 14.2. The van der Waals surface area contributed by atoms with Crippen LogP contribution < -0.4 is 11.5 Å². The lowest BCUT2D eigenvalue weighted by molar-refractivity contribution is 0.101. The summed E-state index contributed by atoms with van der Waals surface area (Å²) in [7, 11) is 0. The zero-order chi connectivity index (χ0) is 21.3. The molecule has 0 aliphatic heterocycles. The molecular formula is C21H18F2N6O. The molecule has 9 heteroatoms. The Balaban J connectivity index is 1.83. The smallest absolute Gasteiger partial charge is 0.264 e. The van der Waals surface area contributed by atoms with Crippen molar-refractivity contribution in [3.63, 3.8) is 0 Å². The van der Waals surface area contributed by atoms with Crippen molar-refractivity contribution >= 4 is 5.78 Å². The molecule has 30 heavy (non-hydrogen) atoms. The number of nitrogens with two attached hydrogens (primary N) is 2. The van der Waals surface area contributed by atoms with Gasteiger partial charge in [0.15, 0.2) is 11.6 Å². The van der Waals surface area contributed by atoms with Gasteiger partial charge in [-0.2, -0.15) is 0 Å². The van der Waals surface area contributed by atoms with E-state index in [-0.39, 0.29) is 35.9 Å². The maximum absolute atomic E-state index is 14.2. The van der Waals surface area contributed by atoms with Crippen LogP contribution in [0.3, 0.4) is 0 Å². The van der Waals surface area contributed by atoms with Crippen LogP contribution in [0.1, 0.15) is 27.6 Å². The average Bonchev–Trinajstić information content (AvgIpc) is 3.42. The van der Waals surface area contributed by atoms with Crippen molar-refractivity contribution in [2.24, 2.45) is 11.5 Å². The first-order valence-electron chi connectivity index (χ1n) is 9.13. The lowest BCUT2D eigenvalue weighted by Crippen LogP contribution is -2.18. The molecule has 0 aliphatic carbocycles. The first kappa shape index (κ1) is 19.6. The maximum Gasteiger partial charge on any atom is 0.264 e. The molecule has 0 fully saturated rings. The van der Waals surface area contributed by atoms with E-state index < -0.39 is 17.4 Å². The topological polar surface area (TPSA) is 105 Å². The molecule has 2 aromatic carbocycles. The van der Waals surface area contributed by atoms with Crippen LogP contribution in [0.2, 0.25) is 0 Å². The van der Waals surface area contributed by atoms with Crippen LogP contribution in [0.5, 0.6) is 0 Å². The first-order valence-corrected chi connectivity index (χ1v) is 9.13. The molecule has 0 bridgehead atoms. The average molecular weight is 408 g/mol. The molecule has 4 aromatic rings. The minimum Gasteiger partial charge on any atom is -0.326 e. The highest BCUT2D eigenvalue weighted by atomic mass is 19.1. The Bertz CT molecular complexity index is 1140. The van der Waals surface area contributed by atoms with E-state index in [1.54, 1.807) is 24.5 Å². The number of aromatic nitrogens is 4. The van der Waals surface area contributed by atoms with Crippen LogP contribution in [0.25, 0.3) is 11.4 Å². The second kappa shape index (κ2) is 7.97. The van der Waals surface area contributed by atoms with Gasteiger partial charge in [0.1, 0.15) is 11.6 Å². The Morgan fingerprint density at radius 2 is 1.23 bits per heavy atom. The molecule has 0 atom stereocenters. The van der Waals surface area contributed by atoms with Gasteiger partial charge in [0.25, 0.3) is 5.78 Å².